The van der Waals surface area contributed by atoms with Crippen LogP contribution in [-0.4, -0.2) is 22.7 Å². The fourth-order valence-electron chi connectivity index (χ4n) is 2.23. The first-order valence-electron chi connectivity index (χ1n) is 6.22. The molecule has 2 rings (SSSR count). The number of furan rings is 1. The molecule has 0 atom stereocenters. The Bertz CT molecular complexity index is 601. The van der Waals surface area contributed by atoms with Crippen molar-refractivity contribution >= 4 is 5.78 Å². The highest BCUT2D eigenvalue weighted by Gasteiger charge is 2.26. The van der Waals surface area contributed by atoms with Crippen LogP contribution >= 0.6 is 0 Å². The molecule has 2 aromatic rings. The third-order valence-corrected chi connectivity index (χ3v) is 3.33. The lowest BCUT2D eigenvalue weighted by molar-refractivity contribution is 0.102. The zero-order chi connectivity index (χ0) is 14.2. The fourth-order valence-corrected chi connectivity index (χ4v) is 2.23. The van der Waals surface area contributed by atoms with E-state index in [1.54, 1.807) is 17.8 Å². The second kappa shape index (κ2) is 4.91. The van der Waals surface area contributed by atoms with Gasteiger partial charge in [-0.2, -0.15) is 5.10 Å². The Morgan fingerprint density at radius 2 is 2.05 bits per heavy atom. The number of aromatic nitrogens is 2. The van der Waals surface area contributed by atoms with E-state index in [4.69, 9.17) is 9.15 Å². The number of methoxy groups -OCH3 is 1. The van der Waals surface area contributed by atoms with Gasteiger partial charge in [0, 0.05) is 12.1 Å². The standard InChI is InChI=1S/C14H18N2O3/c1-6-16-13(11(18-5)7-15-16)14(17)12-8(2)9(3)19-10(12)4/h7H,6H2,1-5H3. The maximum atomic E-state index is 12.7. The molecule has 0 bridgehead atoms. The maximum Gasteiger partial charge on any atom is 0.218 e. The minimum absolute atomic E-state index is 0.108. The number of nitrogens with zero attached hydrogens (tertiary/aromatic N) is 2. The summed E-state index contributed by atoms with van der Waals surface area (Å²) >= 11 is 0. The van der Waals surface area contributed by atoms with Crippen molar-refractivity contribution in [3.63, 3.8) is 0 Å². The Balaban J connectivity index is 2.58. The molecule has 0 aliphatic heterocycles. The van der Waals surface area contributed by atoms with Gasteiger partial charge in [0.1, 0.15) is 11.5 Å². The average Bonchev–Trinajstić information content (AvgIpc) is 2.90. The van der Waals surface area contributed by atoms with Gasteiger partial charge in [0.05, 0.1) is 18.9 Å². The van der Waals surface area contributed by atoms with Crippen LogP contribution in [0.1, 0.15) is 40.1 Å². The molecule has 0 aliphatic carbocycles. The van der Waals surface area contributed by atoms with Crippen LogP contribution in [0.2, 0.25) is 0 Å². The van der Waals surface area contributed by atoms with E-state index in [2.05, 4.69) is 5.10 Å². The van der Waals surface area contributed by atoms with Gasteiger partial charge in [-0.15, -0.1) is 0 Å². The maximum absolute atomic E-state index is 12.7. The Morgan fingerprint density at radius 1 is 1.37 bits per heavy atom. The topological polar surface area (TPSA) is 57.3 Å². The first-order chi connectivity index (χ1) is 9.01. The van der Waals surface area contributed by atoms with E-state index in [-0.39, 0.29) is 5.78 Å². The highest BCUT2D eigenvalue weighted by molar-refractivity contribution is 6.11. The Labute approximate surface area is 112 Å². The summed E-state index contributed by atoms with van der Waals surface area (Å²) in [6.45, 7) is 8.08. The van der Waals surface area contributed by atoms with E-state index in [0.29, 0.717) is 29.3 Å². The lowest BCUT2D eigenvalue weighted by Crippen LogP contribution is -2.13. The predicted molar refractivity (Wildman–Crippen MR) is 70.8 cm³/mol. The lowest BCUT2D eigenvalue weighted by atomic mass is 10.0. The second-order valence-electron chi connectivity index (χ2n) is 4.42. The summed E-state index contributed by atoms with van der Waals surface area (Å²) in [7, 11) is 1.54. The highest BCUT2D eigenvalue weighted by atomic mass is 16.5. The summed E-state index contributed by atoms with van der Waals surface area (Å²) in [4.78, 5) is 12.7. The molecular weight excluding hydrogens is 244 g/mol. The number of carbonyl (C=O) groups excluding carboxylic acids is 1. The first-order valence-corrected chi connectivity index (χ1v) is 6.22. The van der Waals surface area contributed by atoms with Crippen LogP contribution in [0.4, 0.5) is 0 Å². The summed E-state index contributed by atoms with van der Waals surface area (Å²) in [5.74, 6) is 1.78. The normalized spacial score (nSPS) is 10.8. The van der Waals surface area contributed by atoms with Crippen LogP contribution in [0.15, 0.2) is 10.6 Å². The summed E-state index contributed by atoms with van der Waals surface area (Å²) in [6.07, 6.45) is 1.56. The molecule has 19 heavy (non-hydrogen) atoms. The number of hydrogen-bond acceptors (Lipinski definition) is 4. The van der Waals surface area contributed by atoms with E-state index in [1.807, 2.05) is 20.8 Å². The number of ether oxygens (including phenoxy) is 1. The third kappa shape index (κ3) is 2.05. The van der Waals surface area contributed by atoms with Crippen LogP contribution in [-0.2, 0) is 6.54 Å². The molecule has 0 saturated heterocycles. The minimum Gasteiger partial charge on any atom is -0.493 e. The van der Waals surface area contributed by atoms with Crippen molar-refractivity contribution in [2.75, 3.05) is 7.11 Å². The fraction of sp³-hybridized carbons (Fsp3) is 0.429. The number of aryl methyl sites for hydroxylation is 3. The van der Waals surface area contributed by atoms with Crippen molar-refractivity contribution in [2.24, 2.45) is 0 Å². The van der Waals surface area contributed by atoms with Crippen LogP contribution in [0.25, 0.3) is 0 Å². The summed E-state index contributed by atoms with van der Waals surface area (Å²) in [6, 6.07) is 0. The Kier molecular flexibility index (Phi) is 3.46. The van der Waals surface area contributed by atoms with E-state index >= 15 is 0 Å². The molecule has 0 radical (unpaired) electrons. The molecule has 0 spiro atoms. The minimum atomic E-state index is -0.108. The van der Waals surface area contributed by atoms with Crippen LogP contribution in [0, 0.1) is 20.8 Å². The highest BCUT2D eigenvalue weighted by Crippen LogP contribution is 2.27. The van der Waals surface area contributed by atoms with Crippen molar-refractivity contribution < 1.29 is 13.9 Å². The van der Waals surface area contributed by atoms with Gasteiger partial charge in [-0.1, -0.05) is 0 Å². The van der Waals surface area contributed by atoms with Gasteiger partial charge in [-0.3, -0.25) is 9.48 Å². The van der Waals surface area contributed by atoms with Crippen molar-refractivity contribution in [1.82, 2.24) is 9.78 Å². The van der Waals surface area contributed by atoms with Crippen LogP contribution in [0.5, 0.6) is 5.75 Å². The van der Waals surface area contributed by atoms with Gasteiger partial charge < -0.3 is 9.15 Å². The van der Waals surface area contributed by atoms with Crippen molar-refractivity contribution in [3.05, 3.63) is 34.5 Å². The average molecular weight is 262 g/mol. The van der Waals surface area contributed by atoms with Crippen molar-refractivity contribution in [2.45, 2.75) is 34.2 Å². The third-order valence-electron chi connectivity index (χ3n) is 3.33. The monoisotopic (exact) mass is 262 g/mol. The molecule has 0 aromatic carbocycles. The molecule has 5 heteroatoms. The zero-order valence-corrected chi connectivity index (χ0v) is 11.9. The van der Waals surface area contributed by atoms with Gasteiger partial charge in [0.2, 0.25) is 5.78 Å². The summed E-state index contributed by atoms with van der Waals surface area (Å²) in [5.41, 5.74) is 1.94. The molecule has 2 aromatic heterocycles. The smallest absolute Gasteiger partial charge is 0.218 e. The van der Waals surface area contributed by atoms with Gasteiger partial charge in [-0.05, 0) is 27.7 Å². The number of hydrogen-bond donors (Lipinski definition) is 0. The molecule has 0 aliphatic rings. The molecule has 102 valence electrons. The van der Waals surface area contributed by atoms with E-state index in [0.717, 1.165) is 11.3 Å². The number of ketones is 1. The Hall–Kier alpha value is -2.04. The quantitative estimate of drug-likeness (QED) is 0.795. The Morgan fingerprint density at radius 3 is 2.53 bits per heavy atom. The van der Waals surface area contributed by atoms with E-state index in [1.165, 1.54) is 7.11 Å². The lowest BCUT2D eigenvalue weighted by Gasteiger charge is -2.06. The second-order valence-corrected chi connectivity index (χ2v) is 4.42. The zero-order valence-electron chi connectivity index (χ0n) is 11.9. The molecule has 5 nitrogen and oxygen atoms in total. The van der Waals surface area contributed by atoms with Crippen LogP contribution in [0.3, 0.4) is 0 Å². The van der Waals surface area contributed by atoms with Gasteiger partial charge in [0.25, 0.3) is 0 Å². The largest absolute Gasteiger partial charge is 0.493 e. The van der Waals surface area contributed by atoms with Gasteiger partial charge in [0.15, 0.2) is 11.4 Å². The SMILES string of the molecule is CCn1ncc(OC)c1C(=O)c1c(C)oc(C)c1C. The van der Waals surface area contributed by atoms with E-state index < -0.39 is 0 Å². The first kappa shape index (κ1) is 13.4. The number of carbonyl (C=O) groups is 1. The number of rotatable bonds is 4. The molecule has 0 amide bonds. The van der Waals surface area contributed by atoms with E-state index in [9.17, 15) is 4.79 Å². The molecular formula is C14H18N2O3. The van der Waals surface area contributed by atoms with Crippen LogP contribution < -0.4 is 4.74 Å². The predicted octanol–water partition coefficient (Wildman–Crippen LogP) is 2.66. The molecule has 0 fully saturated rings. The van der Waals surface area contributed by atoms with Gasteiger partial charge >= 0.3 is 0 Å². The molecule has 2 heterocycles. The van der Waals surface area contributed by atoms with Gasteiger partial charge in [-0.25, -0.2) is 0 Å². The van der Waals surface area contributed by atoms with Crippen molar-refractivity contribution in [1.29, 1.82) is 0 Å². The molecule has 0 saturated carbocycles. The molecule has 0 unspecified atom stereocenters. The summed E-state index contributed by atoms with van der Waals surface area (Å²) in [5, 5.41) is 4.16. The van der Waals surface area contributed by atoms with Crippen molar-refractivity contribution in [3.8, 4) is 5.75 Å². The summed E-state index contributed by atoms with van der Waals surface area (Å²) < 4.78 is 12.4. The molecule has 0 N–H and O–H groups in total.